The van der Waals surface area contributed by atoms with Gasteiger partial charge in [0, 0.05) is 11.6 Å². The molecule has 0 aliphatic heterocycles. The topological polar surface area (TPSA) is 51.2 Å². The maximum absolute atomic E-state index is 12.7. The zero-order valence-electron chi connectivity index (χ0n) is 14.7. The molecule has 0 saturated heterocycles. The van der Waals surface area contributed by atoms with Gasteiger partial charge in [-0.25, -0.2) is 4.98 Å². The average molecular weight is 324 g/mol. The first kappa shape index (κ1) is 16.5. The lowest BCUT2D eigenvalue weighted by Crippen LogP contribution is -2.16. The molecule has 0 unspecified atom stereocenters. The van der Waals surface area contributed by atoms with Gasteiger partial charge in [-0.15, -0.1) is 0 Å². The van der Waals surface area contributed by atoms with E-state index in [2.05, 4.69) is 37.1 Å². The van der Waals surface area contributed by atoms with E-state index in [1.54, 1.807) is 25.4 Å². The molecule has 3 rings (SSSR count). The molecule has 1 aliphatic rings. The van der Waals surface area contributed by atoms with Gasteiger partial charge in [0.25, 0.3) is 5.91 Å². The second-order valence-electron chi connectivity index (χ2n) is 7.41. The van der Waals surface area contributed by atoms with Crippen LogP contribution >= 0.6 is 0 Å². The lowest BCUT2D eigenvalue weighted by molar-refractivity contribution is 0.102. The Labute approximate surface area is 143 Å². The highest BCUT2D eigenvalue weighted by Crippen LogP contribution is 2.41. The number of pyridine rings is 1. The summed E-state index contributed by atoms with van der Waals surface area (Å²) in [6, 6.07) is 9.80. The Morgan fingerprint density at radius 3 is 2.50 bits per heavy atom. The summed E-state index contributed by atoms with van der Waals surface area (Å²) in [6.45, 7) is 6.52. The minimum Gasteiger partial charge on any atom is -0.481 e. The molecule has 4 nitrogen and oxygen atoms in total. The predicted octanol–water partition coefficient (Wildman–Crippen LogP) is 4.52. The van der Waals surface area contributed by atoms with Gasteiger partial charge in [-0.1, -0.05) is 26.8 Å². The summed E-state index contributed by atoms with van der Waals surface area (Å²) < 4.78 is 5.04. The quantitative estimate of drug-likeness (QED) is 0.899. The molecule has 1 fully saturated rings. The van der Waals surface area contributed by atoms with Crippen LogP contribution in [0.15, 0.2) is 36.5 Å². The van der Waals surface area contributed by atoms with Gasteiger partial charge in [0.05, 0.1) is 19.0 Å². The van der Waals surface area contributed by atoms with Crippen molar-refractivity contribution < 1.29 is 9.53 Å². The Balaban J connectivity index is 1.86. The second kappa shape index (κ2) is 6.27. The summed E-state index contributed by atoms with van der Waals surface area (Å²) in [7, 11) is 1.57. The third kappa shape index (κ3) is 3.75. The van der Waals surface area contributed by atoms with E-state index in [-0.39, 0.29) is 11.3 Å². The van der Waals surface area contributed by atoms with Crippen LogP contribution in [0, 0.1) is 0 Å². The highest BCUT2D eigenvalue weighted by atomic mass is 16.5. The van der Waals surface area contributed by atoms with Crippen molar-refractivity contribution in [2.45, 2.75) is 44.9 Å². The Morgan fingerprint density at radius 1 is 1.21 bits per heavy atom. The van der Waals surface area contributed by atoms with E-state index in [9.17, 15) is 4.79 Å². The van der Waals surface area contributed by atoms with Crippen molar-refractivity contribution in [3.63, 3.8) is 0 Å². The molecule has 1 aromatic heterocycles. The monoisotopic (exact) mass is 324 g/mol. The van der Waals surface area contributed by atoms with Crippen LogP contribution in [0.2, 0.25) is 0 Å². The molecule has 4 heteroatoms. The molecule has 2 aromatic rings. The maximum Gasteiger partial charge on any atom is 0.255 e. The second-order valence-corrected chi connectivity index (χ2v) is 7.41. The summed E-state index contributed by atoms with van der Waals surface area (Å²) in [5.74, 6) is 1.04. The molecule has 1 saturated carbocycles. The van der Waals surface area contributed by atoms with Crippen molar-refractivity contribution in [2.75, 3.05) is 12.4 Å². The molecule has 0 radical (unpaired) electrons. The first-order valence-corrected chi connectivity index (χ1v) is 8.33. The van der Waals surface area contributed by atoms with Crippen LogP contribution in [0.1, 0.15) is 61.0 Å². The summed E-state index contributed by atoms with van der Waals surface area (Å²) in [6.07, 6.45) is 4.04. The van der Waals surface area contributed by atoms with Gasteiger partial charge in [-0.05, 0) is 53.5 Å². The minimum atomic E-state index is -0.102. The van der Waals surface area contributed by atoms with Crippen LogP contribution < -0.4 is 10.1 Å². The number of carbonyl (C=O) groups excluding carboxylic acids is 1. The van der Waals surface area contributed by atoms with Crippen LogP contribution in [-0.2, 0) is 5.41 Å². The molecule has 1 aromatic carbocycles. The molecular formula is C20H24N2O2. The molecule has 0 spiro atoms. The maximum atomic E-state index is 12.7. The van der Waals surface area contributed by atoms with Crippen molar-refractivity contribution in [3.05, 3.63) is 53.2 Å². The number of benzene rings is 1. The van der Waals surface area contributed by atoms with E-state index in [1.165, 1.54) is 24.0 Å². The van der Waals surface area contributed by atoms with E-state index >= 15 is 0 Å². The molecule has 1 N–H and O–H groups in total. The summed E-state index contributed by atoms with van der Waals surface area (Å²) >= 11 is 0. The van der Waals surface area contributed by atoms with Gasteiger partial charge in [-0.2, -0.15) is 0 Å². The number of amides is 1. The van der Waals surface area contributed by atoms with Gasteiger partial charge in [0.1, 0.15) is 0 Å². The van der Waals surface area contributed by atoms with E-state index in [1.807, 2.05) is 12.1 Å². The van der Waals surface area contributed by atoms with E-state index in [4.69, 9.17) is 4.74 Å². The number of anilines is 1. The van der Waals surface area contributed by atoms with Crippen LogP contribution in [0.5, 0.6) is 5.88 Å². The summed E-state index contributed by atoms with van der Waals surface area (Å²) in [4.78, 5) is 16.8. The molecule has 1 aliphatic carbocycles. The first-order valence-electron chi connectivity index (χ1n) is 8.33. The SMILES string of the molecule is COc1ccc(NC(=O)c2cc(C3CC3)cc(C(C)(C)C)c2)cn1. The zero-order valence-corrected chi connectivity index (χ0v) is 14.7. The Hall–Kier alpha value is -2.36. The molecular weight excluding hydrogens is 300 g/mol. The number of rotatable bonds is 4. The number of nitrogens with zero attached hydrogens (tertiary/aromatic N) is 1. The highest BCUT2D eigenvalue weighted by Gasteiger charge is 2.26. The van der Waals surface area contributed by atoms with Gasteiger partial charge in [-0.3, -0.25) is 4.79 Å². The Kier molecular flexibility index (Phi) is 4.31. The van der Waals surface area contributed by atoms with Gasteiger partial charge in [0.2, 0.25) is 5.88 Å². The predicted molar refractivity (Wildman–Crippen MR) is 95.9 cm³/mol. The summed E-state index contributed by atoms with van der Waals surface area (Å²) in [5, 5.41) is 2.92. The normalized spacial score (nSPS) is 14.3. The first-order chi connectivity index (χ1) is 11.4. The third-order valence-electron chi connectivity index (χ3n) is 4.34. The van der Waals surface area contributed by atoms with Gasteiger partial charge < -0.3 is 10.1 Å². The van der Waals surface area contributed by atoms with Gasteiger partial charge in [0.15, 0.2) is 0 Å². The largest absolute Gasteiger partial charge is 0.481 e. The number of carbonyl (C=O) groups is 1. The lowest BCUT2D eigenvalue weighted by Gasteiger charge is -2.21. The fourth-order valence-corrected chi connectivity index (χ4v) is 2.65. The number of hydrogen-bond donors (Lipinski definition) is 1. The molecule has 126 valence electrons. The Bertz CT molecular complexity index is 741. The molecule has 0 bridgehead atoms. The van der Waals surface area contributed by atoms with E-state index < -0.39 is 0 Å². The van der Waals surface area contributed by atoms with Crippen LogP contribution in [-0.4, -0.2) is 18.0 Å². The third-order valence-corrected chi connectivity index (χ3v) is 4.34. The van der Waals surface area contributed by atoms with Crippen molar-refractivity contribution in [1.82, 2.24) is 4.98 Å². The van der Waals surface area contributed by atoms with Crippen LogP contribution in [0.4, 0.5) is 5.69 Å². The standard InChI is InChI=1S/C20H24N2O2/c1-20(2,3)16-10-14(13-5-6-13)9-15(11-16)19(23)22-17-7-8-18(24-4)21-12-17/h7-13H,5-6H2,1-4H3,(H,22,23). The number of aromatic nitrogens is 1. The Morgan fingerprint density at radius 2 is 1.96 bits per heavy atom. The van der Waals surface area contributed by atoms with Crippen molar-refractivity contribution in [3.8, 4) is 5.88 Å². The minimum absolute atomic E-state index is 0.0155. The molecule has 1 heterocycles. The van der Waals surface area contributed by atoms with Crippen molar-refractivity contribution in [2.24, 2.45) is 0 Å². The van der Waals surface area contributed by atoms with Crippen molar-refractivity contribution >= 4 is 11.6 Å². The zero-order chi connectivity index (χ0) is 17.3. The molecule has 24 heavy (non-hydrogen) atoms. The number of nitrogens with one attached hydrogen (secondary N) is 1. The van der Waals surface area contributed by atoms with E-state index in [0.717, 1.165) is 0 Å². The molecule has 1 amide bonds. The summed E-state index contributed by atoms with van der Waals surface area (Å²) in [5.41, 5.74) is 3.86. The smallest absolute Gasteiger partial charge is 0.255 e. The van der Waals surface area contributed by atoms with Crippen LogP contribution in [0.25, 0.3) is 0 Å². The fourth-order valence-electron chi connectivity index (χ4n) is 2.65. The van der Waals surface area contributed by atoms with Gasteiger partial charge >= 0.3 is 0 Å². The van der Waals surface area contributed by atoms with Crippen molar-refractivity contribution in [1.29, 1.82) is 0 Å². The highest BCUT2D eigenvalue weighted by molar-refractivity contribution is 6.04. The number of ether oxygens (including phenoxy) is 1. The average Bonchev–Trinajstić information content (AvgIpc) is 3.39. The fraction of sp³-hybridized carbons (Fsp3) is 0.400. The lowest BCUT2D eigenvalue weighted by atomic mass is 9.84. The van der Waals surface area contributed by atoms with Crippen LogP contribution in [0.3, 0.4) is 0 Å². The molecule has 0 atom stereocenters. The van der Waals surface area contributed by atoms with E-state index in [0.29, 0.717) is 23.0 Å². The number of hydrogen-bond acceptors (Lipinski definition) is 3. The number of methoxy groups -OCH3 is 1.